The van der Waals surface area contributed by atoms with Crippen molar-refractivity contribution in [1.29, 1.82) is 0 Å². The molecule has 1 atom stereocenters. The van der Waals surface area contributed by atoms with Gasteiger partial charge in [-0.2, -0.15) is 0 Å². The summed E-state index contributed by atoms with van der Waals surface area (Å²) in [6.45, 7) is 5.53. The monoisotopic (exact) mass is 329 g/mol. The number of rotatable bonds is 5. The lowest BCUT2D eigenvalue weighted by atomic mass is 10.2. The second kappa shape index (κ2) is 7.44. The Kier molecular flexibility index (Phi) is 5.10. The number of benzene rings is 1. The maximum atomic E-state index is 12.6. The molecule has 24 heavy (non-hydrogen) atoms. The molecule has 0 radical (unpaired) electrons. The lowest BCUT2D eigenvalue weighted by molar-refractivity contribution is -0.136. The molecule has 0 N–H and O–H groups in total. The molecule has 2 aromatic rings. The number of ether oxygens (including phenoxy) is 1. The molecule has 3 rings (SSSR count). The number of carbonyl (C=O) groups is 1. The Morgan fingerprint density at radius 2 is 1.92 bits per heavy atom. The van der Waals surface area contributed by atoms with Gasteiger partial charge in [-0.15, -0.1) is 5.10 Å². The van der Waals surface area contributed by atoms with Gasteiger partial charge in [0.25, 0.3) is 0 Å². The first-order chi connectivity index (χ1) is 11.6. The van der Waals surface area contributed by atoms with Crippen LogP contribution in [0.4, 0.5) is 0 Å². The van der Waals surface area contributed by atoms with E-state index in [0.29, 0.717) is 12.3 Å². The summed E-state index contributed by atoms with van der Waals surface area (Å²) in [7, 11) is 2.07. The number of carbonyl (C=O) groups excluding carboxylic acids is 1. The summed E-state index contributed by atoms with van der Waals surface area (Å²) in [4.78, 5) is 16.7. The SMILES string of the molecule is C[C@H](C(=O)N1CCN(C)CC1)n1cc(COc2ccccc2)nn1. The fourth-order valence-corrected chi connectivity index (χ4v) is 2.65. The summed E-state index contributed by atoms with van der Waals surface area (Å²) in [6, 6.07) is 9.21. The largest absolute Gasteiger partial charge is 0.487 e. The van der Waals surface area contributed by atoms with Gasteiger partial charge in [-0.05, 0) is 26.1 Å². The third-order valence-electron chi connectivity index (χ3n) is 4.26. The van der Waals surface area contributed by atoms with Crippen molar-refractivity contribution >= 4 is 5.91 Å². The highest BCUT2D eigenvalue weighted by atomic mass is 16.5. The molecular weight excluding hydrogens is 306 g/mol. The quantitative estimate of drug-likeness (QED) is 0.824. The lowest BCUT2D eigenvalue weighted by Crippen LogP contribution is -2.49. The van der Waals surface area contributed by atoms with Crippen molar-refractivity contribution in [1.82, 2.24) is 24.8 Å². The number of para-hydroxylation sites is 1. The van der Waals surface area contributed by atoms with E-state index in [1.165, 1.54) is 0 Å². The highest BCUT2D eigenvalue weighted by molar-refractivity contribution is 5.80. The van der Waals surface area contributed by atoms with Crippen LogP contribution in [0.5, 0.6) is 5.75 Å². The molecule has 1 aliphatic rings. The van der Waals surface area contributed by atoms with Gasteiger partial charge in [0.1, 0.15) is 24.1 Å². The summed E-state index contributed by atoms with van der Waals surface area (Å²) in [6.07, 6.45) is 1.78. The summed E-state index contributed by atoms with van der Waals surface area (Å²) >= 11 is 0. The Morgan fingerprint density at radius 1 is 1.21 bits per heavy atom. The molecule has 1 aromatic carbocycles. The van der Waals surface area contributed by atoms with Crippen LogP contribution in [-0.4, -0.2) is 63.9 Å². The molecule has 7 nitrogen and oxygen atoms in total. The van der Waals surface area contributed by atoms with Crippen molar-refractivity contribution in [2.45, 2.75) is 19.6 Å². The fourth-order valence-electron chi connectivity index (χ4n) is 2.65. The van der Waals surface area contributed by atoms with Crippen molar-refractivity contribution in [3.05, 3.63) is 42.2 Å². The van der Waals surface area contributed by atoms with Gasteiger partial charge in [-0.1, -0.05) is 23.4 Å². The minimum atomic E-state index is -0.355. The second-order valence-electron chi connectivity index (χ2n) is 6.10. The Morgan fingerprint density at radius 3 is 2.62 bits per heavy atom. The molecule has 1 aliphatic heterocycles. The Labute approximate surface area is 141 Å². The maximum absolute atomic E-state index is 12.6. The fraction of sp³-hybridized carbons (Fsp3) is 0.471. The molecule has 0 spiro atoms. The number of amides is 1. The number of hydrogen-bond acceptors (Lipinski definition) is 5. The molecular formula is C17H23N5O2. The van der Waals surface area contributed by atoms with Crippen molar-refractivity contribution in [2.75, 3.05) is 33.2 Å². The first-order valence-corrected chi connectivity index (χ1v) is 8.19. The lowest BCUT2D eigenvalue weighted by Gasteiger charge is -2.33. The van der Waals surface area contributed by atoms with Crippen LogP contribution in [0.3, 0.4) is 0 Å². The topological polar surface area (TPSA) is 63.5 Å². The minimum Gasteiger partial charge on any atom is -0.487 e. The Balaban J connectivity index is 1.57. The predicted molar refractivity (Wildman–Crippen MR) is 89.6 cm³/mol. The average molecular weight is 329 g/mol. The van der Waals surface area contributed by atoms with Crippen molar-refractivity contribution in [3.63, 3.8) is 0 Å². The molecule has 1 fully saturated rings. The van der Waals surface area contributed by atoms with E-state index in [4.69, 9.17) is 4.74 Å². The molecule has 2 heterocycles. The van der Waals surface area contributed by atoms with Crippen molar-refractivity contribution in [2.24, 2.45) is 0 Å². The van der Waals surface area contributed by atoms with Crippen molar-refractivity contribution in [3.8, 4) is 5.75 Å². The van der Waals surface area contributed by atoms with Gasteiger partial charge in [0.05, 0.1) is 6.20 Å². The second-order valence-corrected chi connectivity index (χ2v) is 6.10. The first kappa shape index (κ1) is 16.4. The van der Waals surface area contributed by atoms with E-state index < -0.39 is 0 Å². The summed E-state index contributed by atoms with van der Waals surface area (Å²) in [5, 5.41) is 8.19. The van der Waals surface area contributed by atoms with E-state index in [-0.39, 0.29) is 11.9 Å². The van der Waals surface area contributed by atoms with E-state index in [0.717, 1.165) is 31.9 Å². The molecule has 1 aromatic heterocycles. The van der Waals surface area contributed by atoms with E-state index >= 15 is 0 Å². The van der Waals surface area contributed by atoms with Gasteiger partial charge >= 0.3 is 0 Å². The minimum absolute atomic E-state index is 0.0866. The molecule has 0 bridgehead atoms. The number of nitrogens with zero attached hydrogens (tertiary/aromatic N) is 5. The summed E-state index contributed by atoms with van der Waals surface area (Å²) in [5.41, 5.74) is 0.705. The van der Waals surface area contributed by atoms with Crippen LogP contribution in [0.25, 0.3) is 0 Å². The zero-order valence-electron chi connectivity index (χ0n) is 14.1. The van der Waals surface area contributed by atoms with Crippen LogP contribution >= 0.6 is 0 Å². The zero-order chi connectivity index (χ0) is 16.9. The van der Waals surface area contributed by atoms with Gasteiger partial charge in [0, 0.05) is 26.2 Å². The third kappa shape index (κ3) is 3.91. The van der Waals surface area contributed by atoms with Crippen LogP contribution in [-0.2, 0) is 11.4 Å². The molecule has 128 valence electrons. The summed E-state index contributed by atoms with van der Waals surface area (Å²) in [5.74, 6) is 0.872. The van der Waals surface area contributed by atoms with Crippen molar-refractivity contribution < 1.29 is 9.53 Å². The zero-order valence-corrected chi connectivity index (χ0v) is 14.1. The van der Waals surface area contributed by atoms with Crippen LogP contribution in [0.15, 0.2) is 36.5 Å². The smallest absolute Gasteiger partial charge is 0.247 e. The van der Waals surface area contributed by atoms with Gasteiger partial charge in [-0.3, -0.25) is 4.79 Å². The Bertz CT molecular complexity index is 665. The van der Waals surface area contributed by atoms with Crippen LogP contribution in [0, 0.1) is 0 Å². The summed E-state index contributed by atoms with van der Waals surface area (Å²) < 4.78 is 7.27. The number of aromatic nitrogens is 3. The van der Waals surface area contributed by atoms with Crippen LogP contribution < -0.4 is 4.74 Å². The standard InChI is InChI=1S/C17H23N5O2/c1-14(17(23)21-10-8-20(2)9-11-21)22-12-15(18-19-22)13-24-16-6-4-3-5-7-16/h3-7,12,14H,8-11,13H2,1-2H3/t14-/m1/s1. The highest BCUT2D eigenvalue weighted by Gasteiger charge is 2.25. The molecule has 0 saturated carbocycles. The average Bonchev–Trinajstić information content (AvgIpc) is 3.09. The van der Waals surface area contributed by atoms with Gasteiger partial charge in [0.15, 0.2) is 0 Å². The molecule has 1 saturated heterocycles. The molecule has 0 aliphatic carbocycles. The normalized spacial score (nSPS) is 16.8. The highest BCUT2D eigenvalue weighted by Crippen LogP contribution is 2.13. The van der Waals surface area contributed by atoms with Gasteiger partial charge in [0.2, 0.25) is 5.91 Å². The van der Waals surface area contributed by atoms with Gasteiger partial charge in [-0.25, -0.2) is 4.68 Å². The maximum Gasteiger partial charge on any atom is 0.247 e. The van der Waals surface area contributed by atoms with Gasteiger partial charge < -0.3 is 14.5 Å². The predicted octanol–water partition coefficient (Wildman–Crippen LogP) is 1.19. The molecule has 0 unspecified atom stereocenters. The molecule has 1 amide bonds. The molecule has 7 heteroatoms. The van der Waals surface area contributed by atoms with E-state index in [1.807, 2.05) is 42.2 Å². The number of likely N-dealkylation sites (N-methyl/N-ethyl adjacent to an activating group) is 1. The third-order valence-corrected chi connectivity index (χ3v) is 4.26. The first-order valence-electron chi connectivity index (χ1n) is 8.19. The van der Waals surface area contributed by atoms with E-state index in [1.54, 1.807) is 10.9 Å². The Hall–Kier alpha value is -2.41. The van der Waals surface area contributed by atoms with Crippen LogP contribution in [0.2, 0.25) is 0 Å². The number of hydrogen-bond donors (Lipinski definition) is 0. The van der Waals surface area contributed by atoms with Crippen LogP contribution in [0.1, 0.15) is 18.7 Å². The van der Waals surface area contributed by atoms with E-state index in [9.17, 15) is 4.79 Å². The number of piperazine rings is 1. The van der Waals surface area contributed by atoms with E-state index in [2.05, 4.69) is 22.3 Å².